The van der Waals surface area contributed by atoms with Gasteiger partial charge in [-0.2, -0.15) is 25.3 Å². The molecule has 0 bridgehead atoms. The Balaban J connectivity index is 2.42. The van der Waals surface area contributed by atoms with Crippen molar-refractivity contribution in [3.8, 4) is 0 Å². The van der Waals surface area contributed by atoms with Crippen molar-refractivity contribution in [2.24, 2.45) is 0 Å². The van der Waals surface area contributed by atoms with E-state index in [9.17, 15) is 0 Å². The number of rotatable bonds is 2. The molecule has 0 nitrogen and oxygen atoms in total. The van der Waals surface area contributed by atoms with E-state index in [4.69, 9.17) is 0 Å². The minimum absolute atomic E-state index is 0.742. The zero-order chi connectivity index (χ0) is 15.1. The van der Waals surface area contributed by atoms with Crippen LogP contribution in [0, 0.1) is 0 Å². The van der Waals surface area contributed by atoms with E-state index in [1.54, 1.807) is 0 Å². The zero-order valence-corrected chi connectivity index (χ0v) is 13.9. The van der Waals surface area contributed by atoms with Crippen LogP contribution in [0.2, 0.25) is 0 Å². The molecule has 0 aromatic heterocycles. The average Bonchev–Trinajstić information content (AvgIpc) is 2.60. The Morgan fingerprint density at radius 1 is 0.500 bits per heavy atom. The molecule has 0 N–H and O–H groups in total. The Kier molecular flexibility index (Phi) is 3.51. The second kappa shape index (κ2) is 5.53. The minimum Gasteiger partial charge on any atom is -0.175 e. The minimum atomic E-state index is 0.742. The van der Waals surface area contributed by atoms with E-state index in [0.717, 1.165) is 11.5 Å². The van der Waals surface area contributed by atoms with Crippen molar-refractivity contribution in [2.45, 2.75) is 11.5 Å². The first-order valence-corrected chi connectivity index (χ1v) is 8.67. The molecule has 0 saturated heterocycles. The van der Waals surface area contributed by atoms with Crippen LogP contribution in [0.4, 0.5) is 0 Å². The van der Waals surface area contributed by atoms with Gasteiger partial charge in [-0.3, -0.25) is 0 Å². The first-order valence-electron chi connectivity index (χ1n) is 7.40. The summed E-state index contributed by atoms with van der Waals surface area (Å²) >= 11 is 9.10. The molecule has 0 amide bonds. The van der Waals surface area contributed by atoms with E-state index in [-0.39, 0.29) is 0 Å². The molecule has 0 atom stereocenters. The lowest BCUT2D eigenvalue weighted by atomic mass is 9.90. The molecule has 0 aliphatic carbocycles. The summed E-state index contributed by atoms with van der Waals surface area (Å²) in [6.45, 7) is 0. The van der Waals surface area contributed by atoms with Crippen molar-refractivity contribution in [3.63, 3.8) is 0 Å². The van der Waals surface area contributed by atoms with E-state index in [2.05, 4.69) is 85.9 Å². The van der Waals surface area contributed by atoms with Gasteiger partial charge in [-0.15, -0.1) is 0 Å². The van der Waals surface area contributed by atoms with Crippen molar-refractivity contribution < 1.29 is 0 Å². The molecule has 0 fully saturated rings. The summed E-state index contributed by atoms with van der Waals surface area (Å²) in [5, 5.41) is 7.90. The standard InChI is InChI=1S/C20H16S2/c21-11-13-9-10-14(12-22)20-18-8-4-2-6-16(18)15-5-1-3-7-17(15)19(13)20/h1-10,21-22H,11-12H2. The summed E-state index contributed by atoms with van der Waals surface area (Å²) in [7, 11) is 0. The summed E-state index contributed by atoms with van der Waals surface area (Å²) in [5.41, 5.74) is 2.57. The van der Waals surface area contributed by atoms with Crippen molar-refractivity contribution in [1.82, 2.24) is 0 Å². The van der Waals surface area contributed by atoms with Crippen molar-refractivity contribution in [3.05, 3.63) is 71.8 Å². The van der Waals surface area contributed by atoms with Gasteiger partial charge >= 0.3 is 0 Å². The number of benzene rings is 4. The Bertz CT molecular complexity index is 920. The maximum atomic E-state index is 4.55. The maximum absolute atomic E-state index is 4.55. The first kappa shape index (κ1) is 14.0. The molecular formula is C20H16S2. The lowest BCUT2D eigenvalue weighted by molar-refractivity contribution is 1.42. The lowest BCUT2D eigenvalue weighted by Crippen LogP contribution is -1.92. The van der Waals surface area contributed by atoms with Gasteiger partial charge in [-0.1, -0.05) is 60.7 Å². The van der Waals surface area contributed by atoms with Crippen LogP contribution in [0.15, 0.2) is 60.7 Å². The highest BCUT2D eigenvalue weighted by atomic mass is 32.1. The molecule has 0 heterocycles. The van der Waals surface area contributed by atoms with Crippen LogP contribution < -0.4 is 0 Å². The van der Waals surface area contributed by atoms with Gasteiger partial charge < -0.3 is 0 Å². The van der Waals surface area contributed by atoms with Crippen LogP contribution in [0.5, 0.6) is 0 Å². The van der Waals surface area contributed by atoms with E-state index in [1.165, 1.54) is 43.4 Å². The molecule has 4 aromatic rings. The second-order valence-electron chi connectivity index (χ2n) is 5.54. The second-order valence-corrected chi connectivity index (χ2v) is 6.17. The van der Waals surface area contributed by atoms with Gasteiger partial charge in [0.2, 0.25) is 0 Å². The Labute approximate surface area is 141 Å². The van der Waals surface area contributed by atoms with Crippen LogP contribution >= 0.6 is 25.3 Å². The molecule has 0 saturated carbocycles. The molecule has 2 heteroatoms. The molecule has 4 aromatic carbocycles. The Morgan fingerprint density at radius 2 is 0.864 bits per heavy atom. The average molecular weight is 320 g/mol. The van der Waals surface area contributed by atoms with E-state index >= 15 is 0 Å². The largest absolute Gasteiger partial charge is 0.175 e. The van der Waals surface area contributed by atoms with Gasteiger partial charge in [-0.05, 0) is 43.4 Å². The number of fused-ring (bicyclic) bond motifs is 6. The highest BCUT2D eigenvalue weighted by Crippen LogP contribution is 2.39. The first-order chi connectivity index (χ1) is 10.8. The fourth-order valence-electron chi connectivity index (χ4n) is 3.44. The zero-order valence-electron chi connectivity index (χ0n) is 12.1. The van der Waals surface area contributed by atoms with Crippen LogP contribution in [0.1, 0.15) is 11.1 Å². The van der Waals surface area contributed by atoms with Crippen LogP contribution in [-0.2, 0) is 11.5 Å². The molecular weight excluding hydrogens is 304 g/mol. The highest BCUT2D eigenvalue weighted by Gasteiger charge is 2.13. The molecule has 4 rings (SSSR count). The van der Waals surface area contributed by atoms with Crippen molar-refractivity contribution in [1.29, 1.82) is 0 Å². The van der Waals surface area contributed by atoms with Crippen molar-refractivity contribution >= 4 is 57.6 Å². The molecule has 0 aliphatic rings. The van der Waals surface area contributed by atoms with Gasteiger partial charge in [0.05, 0.1) is 0 Å². The third-order valence-electron chi connectivity index (χ3n) is 4.40. The van der Waals surface area contributed by atoms with Gasteiger partial charge in [0.25, 0.3) is 0 Å². The summed E-state index contributed by atoms with van der Waals surface area (Å²) in [6, 6.07) is 21.7. The summed E-state index contributed by atoms with van der Waals surface area (Å²) < 4.78 is 0. The van der Waals surface area contributed by atoms with E-state index in [0.29, 0.717) is 0 Å². The quantitative estimate of drug-likeness (QED) is 0.328. The molecule has 0 spiro atoms. The predicted molar refractivity (Wildman–Crippen MR) is 104 cm³/mol. The summed E-state index contributed by atoms with van der Waals surface area (Å²) in [5.74, 6) is 1.48. The molecule has 0 aliphatic heterocycles. The van der Waals surface area contributed by atoms with E-state index < -0.39 is 0 Å². The van der Waals surface area contributed by atoms with Gasteiger partial charge in [0.15, 0.2) is 0 Å². The Hall–Kier alpha value is -1.64. The number of thiol groups is 2. The summed E-state index contributed by atoms with van der Waals surface area (Å²) in [6.07, 6.45) is 0. The third kappa shape index (κ3) is 1.94. The van der Waals surface area contributed by atoms with Gasteiger partial charge in [-0.25, -0.2) is 0 Å². The molecule has 22 heavy (non-hydrogen) atoms. The topological polar surface area (TPSA) is 0 Å². The summed E-state index contributed by atoms with van der Waals surface area (Å²) in [4.78, 5) is 0. The molecule has 0 unspecified atom stereocenters. The van der Waals surface area contributed by atoms with Crippen LogP contribution in [0.25, 0.3) is 32.3 Å². The van der Waals surface area contributed by atoms with Crippen LogP contribution in [-0.4, -0.2) is 0 Å². The fraction of sp³-hybridized carbons (Fsp3) is 0.100. The molecule has 108 valence electrons. The molecule has 0 radical (unpaired) electrons. The normalized spacial score (nSPS) is 11.5. The van der Waals surface area contributed by atoms with Crippen molar-refractivity contribution in [2.75, 3.05) is 0 Å². The monoisotopic (exact) mass is 320 g/mol. The maximum Gasteiger partial charge on any atom is 0.0160 e. The predicted octanol–water partition coefficient (Wildman–Crippen LogP) is 6.01. The highest BCUT2D eigenvalue weighted by molar-refractivity contribution is 7.79. The van der Waals surface area contributed by atoms with Gasteiger partial charge in [0.1, 0.15) is 0 Å². The van der Waals surface area contributed by atoms with Crippen LogP contribution in [0.3, 0.4) is 0 Å². The SMILES string of the molecule is SCc1ccc(CS)c2c3ccccc3c3ccccc3c12. The van der Waals surface area contributed by atoms with E-state index in [1.807, 2.05) is 0 Å². The van der Waals surface area contributed by atoms with Gasteiger partial charge in [0, 0.05) is 11.5 Å². The third-order valence-corrected chi connectivity index (χ3v) is 5.08. The Morgan fingerprint density at radius 3 is 1.23 bits per heavy atom. The fourth-order valence-corrected chi connectivity index (χ4v) is 3.97. The lowest BCUT2D eigenvalue weighted by Gasteiger charge is -2.15. The number of hydrogen-bond acceptors (Lipinski definition) is 2. The smallest absolute Gasteiger partial charge is 0.0160 e. The number of hydrogen-bond donors (Lipinski definition) is 2.